The van der Waals surface area contributed by atoms with E-state index < -0.39 is 23.8 Å². The zero-order valence-electron chi connectivity index (χ0n) is 10.4. The minimum atomic E-state index is -0.915. The fourth-order valence-corrected chi connectivity index (χ4v) is 1.62. The molecule has 106 valence electrons. The maximum Gasteiger partial charge on any atom is 0.331 e. The lowest BCUT2D eigenvalue weighted by Crippen LogP contribution is -2.57. The Balaban J connectivity index is 2.68. The van der Waals surface area contributed by atoms with Gasteiger partial charge in [0.1, 0.15) is 0 Å². The third kappa shape index (κ3) is 4.14. The van der Waals surface area contributed by atoms with Crippen molar-refractivity contribution in [1.82, 2.24) is 10.2 Å². The third-order valence-electron chi connectivity index (χ3n) is 2.48. The first-order chi connectivity index (χ1) is 8.97. The second-order valence-corrected chi connectivity index (χ2v) is 4.29. The van der Waals surface area contributed by atoms with Crippen LogP contribution in [0.3, 0.4) is 0 Å². The number of hydrogen-bond donors (Lipinski definition) is 2. The third-order valence-corrected chi connectivity index (χ3v) is 2.62. The van der Waals surface area contributed by atoms with Gasteiger partial charge in [0.25, 0.3) is 0 Å². The highest BCUT2D eigenvalue weighted by atomic mass is 32.1. The first-order valence-corrected chi connectivity index (χ1v) is 5.91. The number of nitrogens with zero attached hydrogens (tertiary/aromatic N) is 1. The zero-order valence-corrected chi connectivity index (χ0v) is 11.2. The van der Waals surface area contributed by atoms with Crippen molar-refractivity contribution in [2.75, 3.05) is 33.4 Å². The van der Waals surface area contributed by atoms with Crippen molar-refractivity contribution in [3.63, 3.8) is 0 Å². The van der Waals surface area contributed by atoms with Crippen LogP contribution in [0.5, 0.6) is 0 Å². The molecule has 0 spiro atoms. The maximum absolute atomic E-state index is 11.9. The lowest BCUT2D eigenvalue weighted by atomic mass is 10.2. The molecule has 1 fully saturated rings. The van der Waals surface area contributed by atoms with E-state index in [1.807, 2.05) is 0 Å². The van der Waals surface area contributed by atoms with E-state index in [0.29, 0.717) is 0 Å². The number of amides is 2. The van der Waals surface area contributed by atoms with Crippen LogP contribution < -0.4 is 11.1 Å². The summed E-state index contributed by atoms with van der Waals surface area (Å²) in [6.07, 6.45) is 0. The first kappa shape index (κ1) is 15.3. The molecule has 1 atom stereocenters. The number of methoxy groups -OCH3 is 1. The van der Waals surface area contributed by atoms with Gasteiger partial charge in [-0.15, -0.1) is 0 Å². The Bertz CT molecular complexity index is 401. The highest BCUT2D eigenvalue weighted by Crippen LogP contribution is 2.09. The largest absolute Gasteiger partial charge is 0.467 e. The molecule has 8 nitrogen and oxygen atoms in total. The van der Waals surface area contributed by atoms with E-state index in [1.165, 1.54) is 7.11 Å². The smallest absolute Gasteiger partial charge is 0.331 e. The zero-order chi connectivity index (χ0) is 14.4. The standard InChI is InChI=1S/C10H15N3O5S/c1-17-10(16)6-5-18-3-2-13(6)9(15)8(14)12-4-7(11)19/h6H,2-5H2,1H3,(H2,11,19)(H,12,14). The monoisotopic (exact) mass is 289 g/mol. The number of esters is 1. The minimum Gasteiger partial charge on any atom is -0.467 e. The molecule has 0 radical (unpaired) electrons. The molecule has 0 bridgehead atoms. The van der Waals surface area contributed by atoms with Gasteiger partial charge in [0, 0.05) is 6.54 Å². The molecule has 2 amide bonds. The molecule has 9 heteroatoms. The predicted molar refractivity (Wildman–Crippen MR) is 68.1 cm³/mol. The Hall–Kier alpha value is -1.74. The number of rotatable bonds is 3. The van der Waals surface area contributed by atoms with Crippen molar-refractivity contribution in [1.29, 1.82) is 0 Å². The van der Waals surface area contributed by atoms with Gasteiger partial charge in [0.15, 0.2) is 6.04 Å². The second kappa shape index (κ2) is 7.00. The van der Waals surface area contributed by atoms with Crippen molar-refractivity contribution in [3.05, 3.63) is 0 Å². The summed E-state index contributed by atoms with van der Waals surface area (Å²) >= 11 is 4.58. The van der Waals surface area contributed by atoms with Crippen LogP contribution >= 0.6 is 12.2 Å². The SMILES string of the molecule is COC(=O)C1COCCN1C(=O)C(=O)NCC(N)=S. The van der Waals surface area contributed by atoms with Crippen LogP contribution in [-0.4, -0.2) is 67.1 Å². The lowest BCUT2D eigenvalue weighted by Gasteiger charge is -2.32. The number of hydrogen-bond acceptors (Lipinski definition) is 6. The van der Waals surface area contributed by atoms with Crippen molar-refractivity contribution in [2.24, 2.45) is 5.73 Å². The average molecular weight is 289 g/mol. The minimum absolute atomic E-state index is 0.000986. The normalized spacial score (nSPS) is 18.6. The van der Waals surface area contributed by atoms with Gasteiger partial charge in [-0.05, 0) is 0 Å². The highest BCUT2D eigenvalue weighted by Gasteiger charge is 2.36. The Morgan fingerprint density at radius 1 is 1.53 bits per heavy atom. The molecular weight excluding hydrogens is 274 g/mol. The van der Waals surface area contributed by atoms with E-state index in [-0.39, 0.29) is 31.3 Å². The van der Waals surface area contributed by atoms with Gasteiger partial charge in [-0.3, -0.25) is 9.59 Å². The molecule has 1 rings (SSSR count). The summed E-state index contributed by atoms with van der Waals surface area (Å²) in [6, 6.07) is -0.915. The molecule has 0 aliphatic carbocycles. The van der Waals surface area contributed by atoms with E-state index in [0.717, 1.165) is 4.90 Å². The molecule has 19 heavy (non-hydrogen) atoms. The van der Waals surface area contributed by atoms with Gasteiger partial charge in [-0.1, -0.05) is 12.2 Å². The van der Waals surface area contributed by atoms with Crippen molar-refractivity contribution in [3.8, 4) is 0 Å². The fraction of sp³-hybridized carbons (Fsp3) is 0.600. The Morgan fingerprint density at radius 3 is 2.79 bits per heavy atom. The number of morpholine rings is 1. The summed E-state index contributed by atoms with van der Waals surface area (Å²) < 4.78 is 9.66. The molecule has 0 aromatic rings. The van der Waals surface area contributed by atoms with Crippen LogP contribution in [0, 0.1) is 0 Å². The van der Waals surface area contributed by atoms with Gasteiger partial charge in [-0.2, -0.15) is 0 Å². The molecule has 1 saturated heterocycles. The van der Waals surface area contributed by atoms with E-state index in [2.05, 4.69) is 22.3 Å². The number of thiocarbonyl (C=S) groups is 1. The number of nitrogens with two attached hydrogens (primary N) is 1. The summed E-state index contributed by atoms with van der Waals surface area (Å²) in [5.74, 6) is -2.34. The molecule has 0 aromatic carbocycles. The summed E-state index contributed by atoms with van der Waals surface area (Å²) in [5, 5.41) is 2.27. The molecule has 1 aliphatic rings. The Kier molecular flexibility index (Phi) is 5.64. The maximum atomic E-state index is 11.9. The molecule has 1 aliphatic heterocycles. The molecule has 0 aromatic heterocycles. The lowest BCUT2D eigenvalue weighted by molar-refractivity contribution is -0.163. The van der Waals surface area contributed by atoms with Crippen molar-refractivity contribution >= 4 is 35.0 Å². The van der Waals surface area contributed by atoms with Crippen LogP contribution in [0.2, 0.25) is 0 Å². The van der Waals surface area contributed by atoms with E-state index in [1.54, 1.807) is 0 Å². The van der Waals surface area contributed by atoms with Gasteiger partial charge < -0.3 is 25.4 Å². The van der Waals surface area contributed by atoms with Crippen molar-refractivity contribution < 1.29 is 23.9 Å². The summed E-state index contributed by atoms with van der Waals surface area (Å²) in [5.41, 5.74) is 5.21. The van der Waals surface area contributed by atoms with E-state index in [9.17, 15) is 14.4 Å². The average Bonchev–Trinajstić information content (AvgIpc) is 2.42. The topological polar surface area (TPSA) is 111 Å². The Morgan fingerprint density at radius 2 is 2.21 bits per heavy atom. The number of carbonyl (C=O) groups excluding carboxylic acids is 3. The summed E-state index contributed by atoms with van der Waals surface area (Å²) in [6.45, 7) is 0.315. The van der Waals surface area contributed by atoms with Crippen LogP contribution in [-0.2, 0) is 23.9 Å². The number of nitrogens with one attached hydrogen (secondary N) is 1. The Labute approximate surface area is 115 Å². The van der Waals surface area contributed by atoms with Gasteiger partial charge >= 0.3 is 17.8 Å². The van der Waals surface area contributed by atoms with Gasteiger partial charge in [0.2, 0.25) is 0 Å². The molecule has 1 unspecified atom stereocenters. The van der Waals surface area contributed by atoms with E-state index in [4.69, 9.17) is 10.5 Å². The molecule has 3 N–H and O–H groups in total. The van der Waals surface area contributed by atoms with Crippen LogP contribution in [0.25, 0.3) is 0 Å². The first-order valence-electron chi connectivity index (χ1n) is 5.50. The molecule has 0 saturated carbocycles. The quantitative estimate of drug-likeness (QED) is 0.344. The molecule has 1 heterocycles. The van der Waals surface area contributed by atoms with E-state index >= 15 is 0 Å². The van der Waals surface area contributed by atoms with Gasteiger partial charge in [0.05, 0.1) is 31.9 Å². The highest BCUT2D eigenvalue weighted by molar-refractivity contribution is 7.80. The van der Waals surface area contributed by atoms with Crippen LogP contribution in [0.15, 0.2) is 0 Å². The summed E-state index contributed by atoms with van der Waals surface area (Å²) in [4.78, 5) is 36.2. The second-order valence-electron chi connectivity index (χ2n) is 3.76. The number of carbonyl (C=O) groups is 3. The summed E-state index contributed by atoms with van der Waals surface area (Å²) in [7, 11) is 1.20. The van der Waals surface area contributed by atoms with Crippen LogP contribution in [0.1, 0.15) is 0 Å². The van der Waals surface area contributed by atoms with Crippen molar-refractivity contribution in [2.45, 2.75) is 6.04 Å². The predicted octanol–water partition coefficient (Wildman–Crippen LogP) is -2.21. The molecular formula is C10H15N3O5S. The van der Waals surface area contributed by atoms with Crippen LogP contribution in [0.4, 0.5) is 0 Å². The van der Waals surface area contributed by atoms with Gasteiger partial charge in [-0.25, -0.2) is 4.79 Å². The fourth-order valence-electron chi connectivity index (χ4n) is 1.55. The number of ether oxygens (including phenoxy) is 2.